The highest BCUT2D eigenvalue weighted by atomic mass is 32.1. The van der Waals surface area contributed by atoms with Crippen LogP contribution >= 0.6 is 11.3 Å². The number of hydrogen-bond acceptors (Lipinski definition) is 4. The lowest BCUT2D eigenvalue weighted by Gasteiger charge is -2.21. The number of rotatable bonds is 8. The number of aromatic nitrogens is 1. The van der Waals surface area contributed by atoms with E-state index in [9.17, 15) is 4.79 Å². The first kappa shape index (κ1) is 21.5. The highest BCUT2D eigenvalue weighted by Gasteiger charge is 2.21. The van der Waals surface area contributed by atoms with Gasteiger partial charge in [0.25, 0.3) is 0 Å². The van der Waals surface area contributed by atoms with Crippen LogP contribution in [-0.2, 0) is 17.6 Å². The van der Waals surface area contributed by atoms with Crippen LogP contribution in [0.25, 0.3) is 10.2 Å². The fourth-order valence-electron chi connectivity index (χ4n) is 3.57. The van der Waals surface area contributed by atoms with Gasteiger partial charge < -0.3 is 4.90 Å². The summed E-state index contributed by atoms with van der Waals surface area (Å²) in [5.41, 5.74) is 5.75. The molecule has 3 aromatic rings. The van der Waals surface area contributed by atoms with Gasteiger partial charge in [0.05, 0.1) is 16.6 Å². The van der Waals surface area contributed by atoms with Crippen molar-refractivity contribution in [2.45, 2.75) is 40.0 Å². The molecule has 4 nitrogen and oxygen atoms in total. The van der Waals surface area contributed by atoms with Crippen LogP contribution in [0.5, 0.6) is 0 Å². The normalized spacial score (nSPS) is 11.4. The van der Waals surface area contributed by atoms with Crippen molar-refractivity contribution in [3.05, 3.63) is 58.7 Å². The molecular weight excluding hydrogens is 378 g/mol. The number of hydrogen-bond donors (Lipinski definition) is 0. The molecule has 0 radical (unpaired) electrons. The Labute approximate surface area is 178 Å². The van der Waals surface area contributed by atoms with E-state index >= 15 is 0 Å². The molecule has 0 saturated heterocycles. The van der Waals surface area contributed by atoms with Crippen molar-refractivity contribution in [2.75, 3.05) is 32.1 Å². The average Bonchev–Trinajstić information content (AvgIpc) is 3.10. The van der Waals surface area contributed by atoms with Crippen LogP contribution in [0.2, 0.25) is 0 Å². The Balaban J connectivity index is 1.90. The highest BCUT2D eigenvalue weighted by Crippen LogP contribution is 2.31. The number of carbonyl (C=O) groups is 1. The predicted molar refractivity (Wildman–Crippen MR) is 124 cm³/mol. The molecule has 3 rings (SSSR count). The molecule has 0 spiro atoms. The summed E-state index contributed by atoms with van der Waals surface area (Å²) in [6.07, 6.45) is 2.27. The van der Waals surface area contributed by atoms with E-state index in [0.29, 0.717) is 13.0 Å². The quantitative estimate of drug-likeness (QED) is 0.525. The minimum atomic E-state index is 0.118. The maximum absolute atomic E-state index is 13.3. The molecule has 0 bridgehead atoms. The lowest BCUT2D eigenvalue weighted by Crippen LogP contribution is -2.34. The monoisotopic (exact) mass is 409 g/mol. The third-order valence-electron chi connectivity index (χ3n) is 5.23. The zero-order valence-electron chi connectivity index (χ0n) is 18.2. The highest BCUT2D eigenvalue weighted by molar-refractivity contribution is 7.22. The number of aryl methyl sites for hydroxylation is 3. The van der Waals surface area contributed by atoms with Gasteiger partial charge in [0, 0.05) is 6.54 Å². The van der Waals surface area contributed by atoms with E-state index in [1.54, 1.807) is 11.3 Å². The Kier molecular flexibility index (Phi) is 7.04. The Morgan fingerprint density at radius 2 is 1.86 bits per heavy atom. The second kappa shape index (κ2) is 9.51. The smallest absolute Gasteiger partial charge is 0.233 e. The molecule has 154 valence electrons. The number of carbonyl (C=O) groups excluding carboxylic acids is 1. The summed E-state index contributed by atoms with van der Waals surface area (Å²) >= 11 is 1.62. The fraction of sp³-hybridized carbons (Fsp3) is 0.417. The molecule has 2 aromatic carbocycles. The van der Waals surface area contributed by atoms with Crippen molar-refractivity contribution in [1.29, 1.82) is 0 Å². The lowest BCUT2D eigenvalue weighted by molar-refractivity contribution is -0.118. The first-order valence-corrected chi connectivity index (χ1v) is 11.1. The molecule has 0 aliphatic carbocycles. The number of anilines is 1. The van der Waals surface area contributed by atoms with Gasteiger partial charge in [-0.05, 0) is 70.1 Å². The Morgan fingerprint density at radius 3 is 2.55 bits per heavy atom. The molecule has 0 unspecified atom stereocenters. The summed E-state index contributed by atoms with van der Waals surface area (Å²) in [6, 6.07) is 12.6. The summed E-state index contributed by atoms with van der Waals surface area (Å²) in [7, 11) is 4.13. The van der Waals surface area contributed by atoms with Crippen molar-refractivity contribution >= 4 is 32.6 Å². The standard InChI is InChI=1S/C24H31N3OS/c1-6-19-9-7-10-21-23(19)25-24(29-21)27(14-8-13-26(4)5)22(28)16-20-12-11-17(2)15-18(20)3/h7,9-12,15H,6,8,13-14,16H2,1-5H3. The number of nitrogens with zero attached hydrogens (tertiary/aromatic N) is 3. The number of fused-ring (bicyclic) bond motifs is 1. The van der Waals surface area contributed by atoms with E-state index in [2.05, 4.69) is 76.2 Å². The number of thiazole rings is 1. The van der Waals surface area contributed by atoms with Crippen LogP contribution in [-0.4, -0.2) is 43.0 Å². The summed E-state index contributed by atoms with van der Waals surface area (Å²) < 4.78 is 1.15. The third kappa shape index (κ3) is 5.22. The van der Waals surface area contributed by atoms with Gasteiger partial charge >= 0.3 is 0 Å². The average molecular weight is 410 g/mol. The molecule has 5 heteroatoms. The molecule has 0 aliphatic heterocycles. The van der Waals surface area contributed by atoms with Crippen LogP contribution < -0.4 is 4.90 Å². The van der Waals surface area contributed by atoms with E-state index in [1.165, 1.54) is 16.7 Å². The van der Waals surface area contributed by atoms with Crippen LogP contribution in [0.3, 0.4) is 0 Å². The first-order valence-electron chi connectivity index (χ1n) is 10.3. The van der Waals surface area contributed by atoms with Crippen molar-refractivity contribution < 1.29 is 4.79 Å². The van der Waals surface area contributed by atoms with Crippen LogP contribution in [0.15, 0.2) is 36.4 Å². The molecule has 1 heterocycles. The zero-order chi connectivity index (χ0) is 21.0. The summed E-state index contributed by atoms with van der Waals surface area (Å²) in [5, 5.41) is 0.814. The maximum atomic E-state index is 13.3. The molecule has 0 N–H and O–H groups in total. The Bertz CT molecular complexity index is 993. The van der Waals surface area contributed by atoms with Crippen molar-refractivity contribution in [1.82, 2.24) is 9.88 Å². The van der Waals surface area contributed by atoms with Crippen LogP contribution in [0, 0.1) is 13.8 Å². The van der Waals surface area contributed by atoms with Gasteiger partial charge in [-0.1, -0.05) is 54.2 Å². The number of amides is 1. The molecular formula is C24H31N3OS. The first-order chi connectivity index (χ1) is 13.9. The van der Waals surface area contributed by atoms with E-state index < -0.39 is 0 Å². The SMILES string of the molecule is CCc1cccc2sc(N(CCCN(C)C)C(=O)Cc3ccc(C)cc3C)nc12. The molecule has 0 fully saturated rings. The molecule has 29 heavy (non-hydrogen) atoms. The maximum Gasteiger partial charge on any atom is 0.233 e. The van der Waals surface area contributed by atoms with Gasteiger partial charge in [-0.15, -0.1) is 0 Å². The molecule has 1 amide bonds. The molecule has 0 saturated carbocycles. The van der Waals surface area contributed by atoms with E-state index in [4.69, 9.17) is 4.98 Å². The Hall–Kier alpha value is -2.24. The number of para-hydroxylation sites is 1. The molecule has 1 aromatic heterocycles. The van der Waals surface area contributed by atoms with Crippen molar-refractivity contribution in [2.24, 2.45) is 0 Å². The van der Waals surface area contributed by atoms with Gasteiger partial charge in [-0.25, -0.2) is 4.98 Å². The van der Waals surface area contributed by atoms with Gasteiger partial charge in [0.2, 0.25) is 5.91 Å². The zero-order valence-corrected chi connectivity index (χ0v) is 19.0. The van der Waals surface area contributed by atoms with E-state index in [0.717, 1.165) is 40.3 Å². The largest absolute Gasteiger partial charge is 0.309 e. The second-order valence-corrected chi connectivity index (χ2v) is 8.93. The van der Waals surface area contributed by atoms with Crippen LogP contribution in [0.4, 0.5) is 5.13 Å². The predicted octanol–water partition coefficient (Wildman–Crippen LogP) is 5.00. The lowest BCUT2D eigenvalue weighted by atomic mass is 10.0. The van der Waals surface area contributed by atoms with Crippen LogP contribution in [0.1, 0.15) is 35.6 Å². The van der Waals surface area contributed by atoms with Gasteiger partial charge in [0.1, 0.15) is 0 Å². The van der Waals surface area contributed by atoms with Gasteiger partial charge in [-0.2, -0.15) is 0 Å². The minimum Gasteiger partial charge on any atom is -0.309 e. The topological polar surface area (TPSA) is 36.4 Å². The fourth-order valence-corrected chi connectivity index (χ4v) is 4.63. The molecule has 0 atom stereocenters. The summed E-state index contributed by atoms with van der Waals surface area (Å²) in [6.45, 7) is 7.94. The molecule has 0 aliphatic rings. The van der Waals surface area contributed by atoms with E-state index in [1.807, 2.05) is 4.90 Å². The van der Waals surface area contributed by atoms with Gasteiger partial charge in [-0.3, -0.25) is 9.69 Å². The Morgan fingerprint density at radius 1 is 1.07 bits per heavy atom. The van der Waals surface area contributed by atoms with E-state index in [-0.39, 0.29) is 5.91 Å². The van der Waals surface area contributed by atoms with Crippen molar-refractivity contribution in [3.8, 4) is 0 Å². The minimum absolute atomic E-state index is 0.118. The second-order valence-electron chi connectivity index (χ2n) is 7.92. The third-order valence-corrected chi connectivity index (χ3v) is 6.27. The number of benzene rings is 2. The summed E-state index contributed by atoms with van der Waals surface area (Å²) in [4.78, 5) is 22.3. The van der Waals surface area contributed by atoms with Gasteiger partial charge in [0.15, 0.2) is 5.13 Å². The summed E-state index contributed by atoms with van der Waals surface area (Å²) in [5.74, 6) is 0.118. The van der Waals surface area contributed by atoms with Crippen molar-refractivity contribution in [3.63, 3.8) is 0 Å².